The number of carbonyl (C=O) groups is 1. The van der Waals surface area contributed by atoms with Crippen molar-refractivity contribution in [1.29, 1.82) is 0 Å². The topological polar surface area (TPSA) is 85.4 Å². The second-order valence-corrected chi connectivity index (χ2v) is 9.23. The highest BCUT2D eigenvalue weighted by molar-refractivity contribution is 7.92. The number of sulfonamides is 1. The van der Waals surface area contributed by atoms with E-state index in [1.165, 1.54) is 48.8 Å². The molecule has 32 heavy (non-hydrogen) atoms. The number of nitrogens with zero attached hydrogens (tertiary/aromatic N) is 1. The average Bonchev–Trinajstić information content (AvgIpc) is 3.29. The first-order valence-electron chi connectivity index (χ1n) is 9.40. The van der Waals surface area contributed by atoms with Crippen LogP contribution in [-0.2, 0) is 14.8 Å². The fraction of sp³-hybridized carbons (Fsp3) is 0.0435. The lowest BCUT2D eigenvalue weighted by Crippen LogP contribution is -2.14. The molecule has 1 N–H and O–H groups in total. The Kier molecular flexibility index (Phi) is 6.02. The number of halogens is 1. The van der Waals surface area contributed by atoms with Gasteiger partial charge < -0.3 is 4.74 Å². The molecule has 0 atom stereocenters. The van der Waals surface area contributed by atoms with Crippen LogP contribution in [0.3, 0.4) is 0 Å². The van der Waals surface area contributed by atoms with Crippen LogP contribution in [0, 0.1) is 5.82 Å². The van der Waals surface area contributed by atoms with Crippen molar-refractivity contribution >= 4 is 33.0 Å². The van der Waals surface area contributed by atoms with Gasteiger partial charge in [0, 0.05) is 16.5 Å². The minimum absolute atomic E-state index is 0.00900. The van der Waals surface area contributed by atoms with Crippen molar-refractivity contribution in [3.63, 3.8) is 0 Å². The lowest BCUT2D eigenvalue weighted by molar-refractivity contribution is 0.0600. The van der Waals surface area contributed by atoms with Gasteiger partial charge in [0.05, 0.1) is 29.0 Å². The summed E-state index contributed by atoms with van der Waals surface area (Å²) in [4.78, 5) is 16.1. The predicted octanol–water partition coefficient (Wildman–Crippen LogP) is 5.20. The Morgan fingerprint density at radius 2 is 1.62 bits per heavy atom. The van der Waals surface area contributed by atoms with Gasteiger partial charge in [-0.3, -0.25) is 4.72 Å². The number of carbonyl (C=O) groups excluding carboxylic acids is 1. The summed E-state index contributed by atoms with van der Waals surface area (Å²) in [6, 6.07) is 18.6. The van der Waals surface area contributed by atoms with Gasteiger partial charge in [0.1, 0.15) is 10.8 Å². The summed E-state index contributed by atoms with van der Waals surface area (Å²) >= 11 is 1.27. The number of methoxy groups -OCH3 is 1. The van der Waals surface area contributed by atoms with E-state index < -0.39 is 16.0 Å². The highest BCUT2D eigenvalue weighted by Gasteiger charge is 2.19. The smallest absolute Gasteiger partial charge is 0.337 e. The SMILES string of the molecule is COC(=O)c1ccc(S(=O)(=O)Nc2ccccc2-c2csc(-c3ccccc3F)n2)cc1. The normalized spacial score (nSPS) is 11.2. The fourth-order valence-corrected chi connectivity index (χ4v) is 4.97. The lowest BCUT2D eigenvalue weighted by Gasteiger charge is -2.12. The second-order valence-electron chi connectivity index (χ2n) is 6.68. The molecule has 0 fully saturated rings. The monoisotopic (exact) mass is 468 g/mol. The zero-order chi connectivity index (χ0) is 22.7. The third-order valence-corrected chi connectivity index (χ3v) is 6.90. The molecule has 0 spiro atoms. The first-order chi connectivity index (χ1) is 15.4. The Labute approximate surface area is 188 Å². The van der Waals surface area contributed by atoms with Crippen molar-refractivity contribution in [2.75, 3.05) is 11.8 Å². The first kappa shape index (κ1) is 21.7. The third-order valence-electron chi connectivity index (χ3n) is 4.64. The molecule has 0 unspecified atom stereocenters. The predicted molar refractivity (Wildman–Crippen MR) is 122 cm³/mol. The van der Waals surface area contributed by atoms with Crippen LogP contribution in [0.2, 0.25) is 0 Å². The Balaban J connectivity index is 1.65. The second kappa shape index (κ2) is 8.89. The summed E-state index contributed by atoms with van der Waals surface area (Å²) in [5, 5.41) is 2.24. The number of anilines is 1. The third kappa shape index (κ3) is 4.39. The van der Waals surface area contributed by atoms with E-state index in [1.807, 2.05) is 0 Å². The quantitative estimate of drug-likeness (QED) is 0.393. The molecular formula is C23H17FN2O4S2. The molecule has 0 aliphatic carbocycles. The molecule has 6 nitrogen and oxygen atoms in total. The molecule has 0 aliphatic rings. The standard InChI is InChI=1S/C23H17FN2O4S2/c1-30-23(27)15-10-12-16(13-11-15)32(28,29)26-20-9-5-3-7-18(20)21-14-31-22(25-21)17-6-2-4-8-19(17)24/h2-14,26H,1H3. The largest absolute Gasteiger partial charge is 0.465 e. The number of benzene rings is 3. The van der Waals surface area contributed by atoms with Crippen molar-refractivity contribution in [3.8, 4) is 21.8 Å². The van der Waals surface area contributed by atoms with E-state index in [0.29, 0.717) is 27.5 Å². The van der Waals surface area contributed by atoms with Gasteiger partial charge in [-0.05, 0) is 42.5 Å². The number of nitrogens with one attached hydrogen (secondary N) is 1. The Hall–Kier alpha value is -3.56. The van der Waals surface area contributed by atoms with Crippen molar-refractivity contribution in [2.45, 2.75) is 4.90 Å². The molecule has 3 aromatic carbocycles. The zero-order valence-electron chi connectivity index (χ0n) is 16.8. The Morgan fingerprint density at radius 1 is 0.969 bits per heavy atom. The summed E-state index contributed by atoms with van der Waals surface area (Å²) in [5.41, 5.74) is 2.03. The number of thiazole rings is 1. The number of hydrogen-bond donors (Lipinski definition) is 1. The van der Waals surface area contributed by atoms with Gasteiger partial charge in [0.15, 0.2) is 0 Å². The molecule has 0 aliphatic heterocycles. The molecule has 0 saturated carbocycles. The van der Waals surface area contributed by atoms with E-state index in [2.05, 4.69) is 14.4 Å². The van der Waals surface area contributed by atoms with E-state index in [4.69, 9.17) is 0 Å². The lowest BCUT2D eigenvalue weighted by atomic mass is 10.1. The molecule has 4 aromatic rings. The maximum atomic E-state index is 14.1. The molecule has 0 saturated heterocycles. The van der Waals surface area contributed by atoms with Crippen molar-refractivity contribution in [2.24, 2.45) is 0 Å². The van der Waals surface area contributed by atoms with Crippen LogP contribution in [-0.4, -0.2) is 26.5 Å². The summed E-state index contributed by atoms with van der Waals surface area (Å²) in [6.07, 6.45) is 0. The van der Waals surface area contributed by atoms with Gasteiger partial charge in [0.25, 0.3) is 10.0 Å². The minimum Gasteiger partial charge on any atom is -0.465 e. The number of esters is 1. The van der Waals surface area contributed by atoms with Crippen LogP contribution < -0.4 is 4.72 Å². The van der Waals surface area contributed by atoms with E-state index in [1.54, 1.807) is 47.8 Å². The van der Waals surface area contributed by atoms with Crippen molar-refractivity contribution in [3.05, 3.63) is 89.6 Å². The molecule has 1 aromatic heterocycles. The highest BCUT2D eigenvalue weighted by atomic mass is 32.2. The fourth-order valence-electron chi connectivity index (χ4n) is 3.04. The summed E-state index contributed by atoms with van der Waals surface area (Å²) in [6.45, 7) is 0. The molecule has 0 amide bonds. The summed E-state index contributed by atoms with van der Waals surface area (Å²) < 4.78 is 47.1. The van der Waals surface area contributed by atoms with Crippen LogP contribution in [0.15, 0.2) is 83.1 Å². The molecule has 1 heterocycles. The summed E-state index contributed by atoms with van der Waals surface area (Å²) in [7, 11) is -2.68. The van der Waals surface area contributed by atoms with Gasteiger partial charge in [0.2, 0.25) is 0 Å². The minimum atomic E-state index is -3.93. The Bertz CT molecular complexity index is 1380. The van der Waals surface area contributed by atoms with Crippen LogP contribution >= 0.6 is 11.3 Å². The van der Waals surface area contributed by atoms with E-state index in [-0.39, 0.29) is 16.3 Å². The van der Waals surface area contributed by atoms with Gasteiger partial charge in [-0.1, -0.05) is 30.3 Å². The maximum Gasteiger partial charge on any atom is 0.337 e. The Morgan fingerprint density at radius 3 is 2.31 bits per heavy atom. The molecule has 9 heteroatoms. The molecule has 0 bridgehead atoms. The van der Waals surface area contributed by atoms with E-state index in [0.717, 1.165) is 0 Å². The van der Waals surface area contributed by atoms with Crippen LogP contribution in [0.1, 0.15) is 10.4 Å². The molecular weight excluding hydrogens is 451 g/mol. The molecule has 162 valence electrons. The first-order valence-corrected chi connectivity index (χ1v) is 11.8. The van der Waals surface area contributed by atoms with Crippen molar-refractivity contribution < 1.29 is 22.3 Å². The number of para-hydroxylation sites is 1. The highest BCUT2D eigenvalue weighted by Crippen LogP contribution is 2.34. The molecule has 4 rings (SSSR count). The number of aromatic nitrogens is 1. The van der Waals surface area contributed by atoms with Crippen molar-refractivity contribution in [1.82, 2.24) is 4.98 Å². The van der Waals surface area contributed by atoms with E-state index in [9.17, 15) is 17.6 Å². The van der Waals surface area contributed by atoms with E-state index >= 15 is 0 Å². The van der Waals surface area contributed by atoms with Gasteiger partial charge >= 0.3 is 5.97 Å². The van der Waals surface area contributed by atoms with Gasteiger partial charge in [-0.15, -0.1) is 11.3 Å². The number of ether oxygens (including phenoxy) is 1. The molecule has 0 radical (unpaired) electrons. The zero-order valence-corrected chi connectivity index (χ0v) is 18.4. The van der Waals surface area contributed by atoms with Gasteiger partial charge in [-0.2, -0.15) is 0 Å². The summed E-state index contributed by atoms with van der Waals surface area (Å²) in [5.74, 6) is -0.931. The van der Waals surface area contributed by atoms with Crippen LogP contribution in [0.25, 0.3) is 21.8 Å². The van der Waals surface area contributed by atoms with Gasteiger partial charge in [-0.25, -0.2) is 22.6 Å². The van der Waals surface area contributed by atoms with Crippen LogP contribution in [0.4, 0.5) is 10.1 Å². The number of rotatable bonds is 6. The maximum absolute atomic E-state index is 14.1. The number of hydrogen-bond acceptors (Lipinski definition) is 6. The average molecular weight is 469 g/mol. The van der Waals surface area contributed by atoms with Crippen LogP contribution in [0.5, 0.6) is 0 Å².